The van der Waals surface area contributed by atoms with Gasteiger partial charge in [-0.2, -0.15) is 0 Å². The molecule has 0 saturated carbocycles. The van der Waals surface area contributed by atoms with Crippen molar-refractivity contribution in [3.05, 3.63) is 28.8 Å². The minimum Gasteiger partial charge on any atom is -0.368 e. The van der Waals surface area contributed by atoms with E-state index >= 15 is 0 Å². The summed E-state index contributed by atoms with van der Waals surface area (Å²) in [5.41, 5.74) is 2.71. The number of anilines is 1. The van der Waals surface area contributed by atoms with Crippen LogP contribution < -0.4 is 10.2 Å². The van der Waals surface area contributed by atoms with Crippen LogP contribution in [0.5, 0.6) is 0 Å². The highest BCUT2D eigenvalue weighted by Crippen LogP contribution is 2.31. The molecule has 3 heteroatoms. The maximum absolute atomic E-state index is 6.28. The molecule has 2 rings (SSSR count). The molecule has 1 fully saturated rings. The molecular formula is C18H29ClN2. The number of rotatable bonds is 5. The second-order valence-corrected chi connectivity index (χ2v) is 6.85. The van der Waals surface area contributed by atoms with Crippen molar-refractivity contribution in [2.45, 2.75) is 71.5 Å². The largest absolute Gasteiger partial charge is 0.368 e. The zero-order valence-corrected chi connectivity index (χ0v) is 14.4. The highest BCUT2D eigenvalue weighted by atomic mass is 35.5. The maximum atomic E-state index is 6.28. The summed E-state index contributed by atoms with van der Waals surface area (Å²) < 4.78 is 0. The summed E-state index contributed by atoms with van der Waals surface area (Å²) in [7, 11) is 0. The highest BCUT2D eigenvalue weighted by Gasteiger charge is 2.22. The molecule has 1 aliphatic heterocycles. The van der Waals surface area contributed by atoms with Gasteiger partial charge < -0.3 is 10.2 Å². The molecule has 0 aliphatic carbocycles. The van der Waals surface area contributed by atoms with Crippen LogP contribution in [0.1, 0.15) is 58.4 Å². The van der Waals surface area contributed by atoms with Gasteiger partial charge in [0.2, 0.25) is 0 Å². The summed E-state index contributed by atoms with van der Waals surface area (Å²) in [4.78, 5) is 2.61. The number of hydrogen-bond donors (Lipinski definition) is 1. The summed E-state index contributed by atoms with van der Waals surface area (Å²) in [6.45, 7) is 8.76. The summed E-state index contributed by atoms with van der Waals surface area (Å²) in [5.74, 6) is 0. The first-order chi connectivity index (χ1) is 10.1. The van der Waals surface area contributed by atoms with E-state index in [0.29, 0.717) is 12.1 Å². The molecule has 0 radical (unpaired) electrons. The topological polar surface area (TPSA) is 15.3 Å². The zero-order chi connectivity index (χ0) is 15.2. The van der Waals surface area contributed by atoms with Gasteiger partial charge in [0.1, 0.15) is 0 Å². The molecule has 0 amide bonds. The van der Waals surface area contributed by atoms with Gasteiger partial charge in [0.15, 0.2) is 0 Å². The van der Waals surface area contributed by atoms with Crippen molar-refractivity contribution in [1.29, 1.82) is 0 Å². The second kappa shape index (κ2) is 8.05. The van der Waals surface area contributed by atoms with Crippen molar-refractivity contribution in [3.8, 4) is 0 Å². The predicted octanol–water partition coefficient (Wildman–Crippen LogP) is 5.00. The van der Waals surface area contributed by atoms with Gasteiger partial charge in [0, 0.05) is 35.9 Å². The average Bonchev–Trinajstić information content (AvgIpc) is 2.70. The summed E-state index contributed by atoms with van der Waals surface area (Å²) >= 11 is 6.28. The molecule has 1 atom stereocenters. The number of nitrogens with zero attached hydrogens (tertiary/aromatic N) is 1. The van der Waals surface area contributed by atoms with Gasteiger partial charge in [-0.1, -0.05) is 51.3 Å². The predicted molar refractivity (Wildman–Crippen MR) is 93.3 cm³/mol. The Morgan fingerprint density at radius 3 is 2.81 bits per heavy atom. The lowest BCUT2D eigenvalue weighted by Crippen LogP contribution is -2.35. The fourth-order valence-electron chi connectivity index (χ4n) is 3.19. The van der Waals surface area contributed by atoms with E-state index in [2.05, 4.69) is 43.1 Å². The molecule has 118 valence electrons. The number of halogens is 1. The highest BCUT2D eigenvalue weighted by molar-refractivity contribution is 6.30. The Hall–Kier alpha value is -0.730. The van der Waals surface area contributed by atoms with Gasteiger partial charge in [-0.25, -0.2) is 0 Å². The van der Waals surface area contributed by atoms with Gasteiger partial charge >= 0.3 is 0 Å². The van der Waals surface area contributed by atoms with E-state index in [0.717, 1.165) is 18.1 Å². The molecule has 1 aromatic rings. The molecule has 1 unspecified atom stereocenters. The Kier molecular flexibility index (Phi) is 6.38. The summed E-state index contributed by atoms with van der Waals surface area (Å²) in [6, 6.07) is 7.52. The van der Waals surface area contributed by atoms with E-state index in [9.17, 15) is 0 Å². The second-order valence-electron chi connectivity index (χ2n) is 6.41. The number of nitrogens with one attached hydrogen (secondary N) is 1. The van der Waals surface area contributed by atoms with Crippen molar-refractivity contribution in [3.63, 3.8) is 0 Å². The van der Waals surface area contributed by atoms with E-state index in [1.807, 2.05) is 6.07 Å². The lowest BCUT2D eigenvalue weighted by Gasteiger charge is -2.33. The maximum Gasteiger partial charge on any atom is 0.0429 e. The van der Waals surface area contributed by atoms with E-state index < -0.39 is 0 Å². The van der Waals surface area contributed by atoms with Crippen molar-refractivity contribution in [2.75, 3.05) is 11.4 Å². The average molecular weight is 309 g/mol. The van der Waals surface area contributed by atoms with Crippen LogP contribution in [0.4, 0.5) is 5.69 Å². The van der Waals surface area contributed by atoms with Crippen LogP contribution >= 0.6 is 11.6 Å². The standard InChI is InChI=1S/C18H29ClN2/c1-4-17-8-6-5-7-11-21(17)18-12-16(19)10-9-15(18)13-20-14(2)3/h9-10,12,14,17,20H,4-8,11,13H2,1-3H3. The molecule has 0 aromatic heterocycles. The molecule has 1 N–H and O–H groups in total. The minimum absolute atomic E-state index is 0.500. The van der Waals surface area contributed by atoms with E-state index in [1.54, 1.807) is 0 Å². The van der Waals surface area contributed by atoms with Crippen LogP contribution in [-0.2, 0) is 6.54 Å². The SMILES string of the molecule is CCC1CCCCCN1c1cc(Cl)ccc1CNC(C)C. The van der Waals surface area contributed by atoms with Crippen LogP contribution in [0.25, 0.3) is 0 Å². The first-order valence-electron chi connectivity index (χ1n) is 8.40. The van der Waals surface area contributed by atoms with E-state index in [-0.39, 0.29) is 0 Å². The molecule has 1 aromatic carbocycles. The van der Waals surface area contributed by atoms with Gasteiger partial charge in [0.25, 0.3) is 0 Å². The first-order valence-corrected chi connectivity index (χ1v) is 8.78. The fourth-order valence-corrected chi connectivity index (χ4v) is 3.35. The lowest BCUT2D eigenvalue weighted by atomic mass is 10.0. The Bertz CT molecular complexity index is 445. The summed E-state index contributed by atoms with van der Waals surface area (Å²) in [6.07, 6.45) is 6.52. The smallest absolute Gasteiger partial charge is 0.0429 e. The lowest BCUT2D eigenvalue weighted by molar-refractivity contribution is 0.549. The quantitative estimate of drug-likeness (QED) is 0.823. The Labute approximate surface area is 134 Å². The van der Waals surface area contributed by atoms with Gasteiger partial charge in [-0.15, -0.1) is 0 Å². The van der Waals surface area contributed by atoms with E-state index in [4.69, 9.17) is 11.6 Å². The van der Waals surface area contributed by atoms with Gasteiger partial charge in [0.05, 0.1) is 0 Å². The molecule has 2 nitrogen and oxygen atoms in total. The third kappa shape index (κ3) is 4.62. The van der Waals surface area contributed by atoms with Crippen LogP contribution in [0.15, 0.2) is 18.2 Å². The van der Waals surface area contributed by atoms with Crippen LogP contribution in [0.3, 0.4) is 0 Å². The monoisotopic (exact) mass is 308 g/mol. The van der Waals surface area contributed by atoms with Crippen LogP contribution in [0, 0.1) is 0 Å². The molecular weight excluding hydrogens is 280 g/mol. The Morgan fingerprint density at radius 1 is 1.29 bits per heavy atom. The Morgan fingerprint density at radius 2 is 2.10 bits per heavy atom. The number of hydrogen-bond acceptors (Lipinski definition) is 2. The first kappa shape index (κ1) is 16.6. The number of benzene rings is 1. The van der Waals surface area contributed by atoms with Crippen LogP contribution in [-0.4, -0.2) is 18.6 Å². The third-order valence-electron chi connectivity index (χ3n) is 4.41. The normalized spacial score (nSPS) is 19.9. The van der Waals surface area contributed by atoms with Crippen molar-refractivity contribution >= 4 is 17.3 Å². The third-order valence-corrected chi connectivity index (χ3v) is 4.64. The van der Waals surface area contributed by atoms with Gasteiger partial charge in [-0.3, -0.25) is 0 Å². The van der Waals surface area contributed by atoms with Crippen LogP contribution in [0.2, 0.25) is 5.02 Å². The van der Waals surface area contributed by atoms with Crippen molar-refractivity contribution in [2.24, 2.45) is 0 Å². The van der Waals surface area contributed by atoms with Gasteiger partial charge in [-0.05, 0) is 37.0 Å². The Balaban J connectivity index is 2.27. The fraction of sp³-hybridized carbons (Fsp3) is 0.667. The van der Waals surface area contributed by atoms with Crippen molar-refractivity contribution < 1.29 is 0 Å². The zero-order valence-electron chi connectivity index (χ0n) is 13.7. The molecule has 0 bridgehead atoms. The molecule has 21 heavy (non-hydrogen) atoms. The molecule has 1 saturated heterocycles. The van der Waals surface area contributed by atoms with E-state index in [1.165, 1.54) is 43.4 Å². The molecule has 1 heterocycles. The molecule has 0 spiro atoms. The molecule has 1 aliphatic rings. The summed E-state index contributed by atoms with van der Waals surface area (Å²) in [5, 5.41) is 4.38. The van der Waals surface area contributed by atoms with Crippen molar-refractivity contribution in [1.82, 2.24) is 5.32 Å². The minimum atomic E-state index is 0.500.